The summed E-state index contributed by atoms with van der Waals surface area (Å²) in [6.45, 7) is 3.25. The Morgan fingerprint density at radius 2 is 1.94 bits per heavy atom. The Hall–Kier alpha value is -1.76. The molecule has 1 unspecified atom stereocenters. The summed E-state index contributed by atoms with van der Waals surface area (Å²) >= 11 is 5.98. The van der Waals surface area contributed by atoms with Gasteiger partial charge in [-0.25, -0.2) is 17.6 Å². The molecule has 2 fully saturated rings. The fourth-order valence-corrected chi connectivity index (χ4v) is 5.88. The van der Waals surface area contributed by atoms with Crippen molar-refractivity contribution in [3.05, 3.63) is 40.7 Å². The van der Waals surface area contributed by atoms with Crippen molar-refractivity contribution in [2.45, 2.75) is 30.8 Å². The molecule has 3 aliphatic rings. The zero-order chi connectivity index (χ0) is 23.7. The molecule has 0 amide bonds. The van der Waals surface area contributed by atoms with E-state index in [2.05, 4.69) is 4.72 Å². The number of halogens is 2. The van der Waals surface area contributed by atoms with Gasteiger partial charge in [0.15, 0.2) is 5.79 Å². The van der Waals surface area contributed by atoms with Crippen molar-refractivity contribution in [2.75, 3.05) is 44.5 Å². The highest BCUT2D eigenvalue weighted by atomic mass is 35.5. The molecule has 2 saturated heterocycles. The Labute approximate surface area is 196 Å². The number of carbonyl (C=O) groups excluding carboxylic acids is 1. The SMILES string of the molecule is CCOC(=O)C1=CC2(CCC1S(=O)(=O)Nc1ccc(F)cc1Cl)OCC1(COCOC1)CO2. The number of sulfonamides is 1. The van der Waals surface area contributed by atoms with Crippen molar-refractivity contribution in [1.29, 1.82) is 0 Å². The van der Waals surface area contributed by atoms with E-state index in [0.29, 0.717) is 13.2 Å². The number of esters is 1. The quantitative estimate of drug-likeness (QED) is 0.608. The Kier molecular flexibility index (Phi) is 7.00. The third-order valence-corrected chi connectivity index (χ3v) is 7.83. The molecule has 1 aromatic rings. The van der Waals surface area contributed by atoms with Crippen LogP contribution in [0.1, 0.15) is 19.8 Å². The molecule has 1 aromatic carbocycles. The summed E-state index contributed by atoms with van der Waals surface area (Å²) in [7, 11) is -4.14. The first-order chi connectivity index (χ1) is 15.7. The second kappa shape index (κ2) is 9.47. The standard InChI is InChI=1S/C21H25ClFNO8S/c1-2-30-19(25)15-8-21(31-11-20(12-32-21)9-28-13-29-10-20)6-5-18(15)33(26,27)24-17-4-3-14(23)7-16(17)22/h3-4,7-8,18,24H,2,5-6,9-13H2,1H3. The minimum Gasteiger partial charge on any atom is -0.463 e. The second-order valence-electron chi connectivity index (χ2n) is 8.32. The number of hydrogen-bond acceptors (Lipinski definition) is 8. The fourth-order valence-electron chi connectivity index (χ4n) is 4.06. The van der Waals surface area contributed by atoms with Gasteiger partial charge >= 0.3 is 5.97 Å². The summed E-state index contributed by atoms with van der Waals surface area (Å²) in [5.74, 6) is -2.65. The summed E-state index contributed by atoms with van der Waals surface area (Å²) < 4.78 is 70.0. The fraction of sp³-hybridized carbons (Fsp3) is 0.571. The van der Waals surface area contributed by atoms with Crippen LogP contribution in [0.15, 0.2) is 29.8 Å². The smallest absolute Gasteiger partial charge is 0.335 e. The number of benzene rings is 1. The van der Waals surface area contributed by atoms with Crippen molar-refractivity contribution in [1.82, 2.24) is 0 Å². The molecule has 2 aliphatic heterocycles. The maximum atomic E-state index is 13.3. The topological polar surface area (TPSA) is 109 Å². The highest BCUT2D eigenvalue weighted by Crippen LogP contribution is 2.41. The normalized spacial score (nSPS) is 24.3. The van der Waals surface area contributed by atoms with Gasteiger partial charge in [-0.2, -0.15) is 0 Å². The van der Waals surface area contributed by atoms with Crippen LogP contribution in [0.2, 0.25) is 5.02 Å². The molecule has 2 heterocycles. The van der Waals surface area contributed by atoms with Crippen molar-refractivity contribution >= 4 is 33.3 Å². The van der Waals surface area contributed by atoms with Crippen molar-refractivity contribution in [2.24, 2.45) is 5.41 Å². The van der Waals surface area contributed by atoms with Crippen LogP contribution in [-0.4, -0.2) is 65.3 Å². The Morgan fingerprint density at radius 3 is 2.58 bits per heavy atom. The van der Waals surface area contributed by atoms with E-state index in [9.17, 15) is 17.6 Å². The van der Waals surface area contributed by atoms with E-state index >= 15 is 0 Å². The summed E-state index contributed by atoms with van der Waals surface area (Å²) in [6, 6.07) is 3.30. The zero-order valence-corrected chi connectivity index (χ0v) is 19.5. The van der Waals surface area contributed by atoms with Crippen LogP contribution >= 0.6 is 11.6 Å². The summed E-state index contributed by atoms with van der Waals surface area (Å²) in [5, 5.41) is -1.35. The molecule has 9 nitrogen and oxygen atoms in total. The molecule has 0 saturated carbocycles. The minimum atomic E-state index is -4.14. The number of carbonyl (C=O) groups is 1. The lowest BCUT2D eigenvalue weighted by atomic mass is 9.87. The van der Waals surface area contributed by atoms with Crippen molar-refractivity contribution < 1.29 is 41.3 Å². The first-order valence-electron chi connectivity index (χ1n) is 10.5. The van der Waals surface area contributed by atoms with Crippen LogP contribution < -0.4 is 4.72 Å². The van der Waals surface area contributed by atoms with E-state index < -0.39 is 38.3 Å². The second-order valence-corrected chi connectivity index (χ2v) is 10.6. The maximum absolute atomic E-state index is 13.3. The molecule has 12 heteroatoms. The molecule has 4 rings (SSSR count). The van der Waals surface area contributed by atoms with Crippen LogP contribution in [0.4, 0.5) is 10.1 Å². The molecule has 33 heavy (non-hydrogen) atoms. The van der Waals surface area contributed by atoms with Gasteiger partial charge in [-0.15, -0.1) is 0 Å². The van der Waals surface area contributed by atoms with Gasteiger partial charge in [-0.05, 0) is 37.6 Å². The minimum absolute atomic E-state index is 0.00553. The molecule has 1 atom stereocenters. The van der Waals surface area contributed by atoms with Crippen LogP contribution in [0.5, 0.6) is 0 Å². The third-order valence-electron chi connectivity index (χ3n) is 5.77. The average Bonchev–Trinajstić information content (AvgIpc) is 2.79. The Balaban J connectivity index is 1.59. The first kappa shape index (κ1) is 24.4. The van der Waals surface area contributed by atoms with Crippen molar-refractivity contribution in [3.63, 3.8) is 0 Å². The molecule has 1 N–H and O–H groups in total. The summed E-state index contributed by atoms with van der Waals surface area (Å²) in [4.78, 5) is 12.7. The van der Waals surface area contributed by atoms with Gasteiger partial charge in [0, 0.05) is 6.42 Å². The average molecular weight is 506 g/mol. The maximum Gasteiger partial charge on any atom is 0.335 e. The first-order valence-corrected chi connectivity index (χ1v) is 12.4. The van der Waals surface area contributed by atoms with E-state index in [4.69, 9.17) is 35.3 Å². The van der Waals surface area contributed by atoms with Crippen LogP contribution in [-0.2, 0) is 38.5 Å². The van der Waals surface area contributed by atoms with Gasteiger partial charge in [-0.1, -0.05) is 11.6 Å². The summed E-state index contributed by atoms with van der Waals surface area (Å²) in [5.41, 5.74) is -0.544. The lowest BCUT2D eigenvalue weighted by Gasteiger charge is -2.47. The molecule has 2 spiro atoms. The van der Waals surface area contributed by atoms with E-state index in [1.807, 2.05) is 0 Å². The molecular weight excluding hydrogens is 481 g/mol. The van der Waals surface area contributed by atoms with E-state index in [1.165, 1.54) is 12.1 Å². The number of ether oxygens (including phenoxy) is 5. The molecule has 0 radical (unpaired) electrons. The third kappa shape index (κ3) is 5.18. The number of rotatable bonds is 5. The van der Waals surface area contributed by atoms with Gasteiger partial charge in [0.2, 0.25) is 10.0 Å². The van der Waals surface area contributed by atoms with E-state index in [0.717, 1.165) is 12.1 Å². The monoisotopic (exact) mass is 505 g/mol. The Bertz CT molecular complexity index is 1030. The zero-order valence-electron chi connectivity index (χ0n) is 18.0. The molecule has 0 bridgehead atoms. The van der Waals surface area contributed by atoms with E-state index in [1.54, 1.807) is 6.92 Å². The van der Waals surface area contributed by atoms with Crippen LogP contribution in [0, 0.1) is 11.2 Å². The number of anilines is 1. The lowest BCUT2D eigenvalue weighted by Crippen LogP contribution is -2.56. The highest BCUT2D eigenvalue weighted by Gasteiger charge is 2.50. The lowest BCUT2D eigenvalue weighted by molar-refractivity contribution is -0.315. The number of nitrogens with one attached hydrogen (secondary N) is 1. The van der Waals surface area contributed by atoms with Crippen LogP contribution in [0.3, 0.4) is 0 Å². The van der Waals surface area contributed by atoms with Gasteiger partial charge in [0.25, 0.3) is 0 Å². The molecular formula is C21H25ClFNO8S. The highest BCUT2D eigenvalue weighted by molar-refractivity contribution is 7.93. The van der Waals surface area contributed by atoms with Gasteiger partial charge in [-0.3, -0.25) is 4.72 Å². The molecule has 1 aliphatic carbocycles. The largest absolute Gasteiger partial charge is 0.463 e. The summed E-state index contributed by atoms with van der Waals surface area (Å²) in [6.07, 6.45) is 1.61. The molecule has 182 valence electrons. The van der Waals surface area contributed by atoms with Gasteiger partial charge < -0.3 is 23.7 Å². The predicted molar refractivity (Wildman–Crippen MR) is 116 cm³/mol. The van der Waals surface area contributed by atoms with E-state index in [-0.39, 0.29) is 55.7 Å². The molecule has 0 aromatic heterocycles. The van der Waals surface area contributed by atoms with Gasteiger partial charge in [0.05, 0.1) is 54.7 Å². The van der Waals surface area contributed by atoms with Crippen molar-refractivity contribution in [3.8, 4) is 0 Å². The van der Waals surface area contributed by atoms with Crippen LogP contribution in [0.25, 0.3) is 0 Å². The predicted octanol–water partition coefficient (Wildman–Crippen LogP) is 2.61. The Morgan fingerprint density at radius 1 is 1.24 bits per heavy atom. The number of hydrogen-bond donors (Lipinski definition) is 1. The van der Waals surface area contributed by atoms with Gasteiger partial charge in [0.1, 0.15) is 17.9 Å².